The van der Waals surface area contributed by atoms with Gasteiger partial charge in [0.25, 0.3) is 0 Å². The van der Waals surface area contributed by atoms with E-state index >= 15 is 0 Å². The van der Waals surface area contributed by atoms with E-state index in [1.165, 1.54) is 5.56 Å². The van der Waals surface area contributed by atoms with E-state index in [0.29, 0.717) is 0 Å². The van der Waals surface area contributed by atoms with E-state index in [1.54, 1.807) is 0 Å². The summed E-state index contributed by atoms with van der Waals surface area (Å²) in [6.07, 6.45) is 1.04. The zero-order valence-corrected chi connectivity index (χ0v) is 8.71. The lowest BCUT2D eigenvalue weighted by atomic mass is 9.79. The van der Waals surface area contributed by atoms with Crippen LogP contribution in [0, 0.1) is 0 Å². The van der Waals surface area contributed by atoms with Crippen LogP contribution in [-0.2, 0) is 12.0 Å². The fourth-order valence-electron chi connectivity index (χ4n) is 1.88. The molecular weight excluding hydrogens is 176 g/mol. The smallest absolute Gasteiger partial charge is 0.123 e. The molecule has 1 aromatic carbocycles. The average Bonchev–Trinajstić information content (AvgIpc) is 2.17. The van der Waals surface area contributed by atoms with E-state index in [1.807, 2.05) is 12.1 Å². The highest BCUT2D eigenvalue weighted by atomic mass is 16.5. The van der Waals surface area contributed by atoms with Crippen molar-refractivity contribution < 1.29 is 9.84 Å². The summed E-state index contributed by atoms with van der Waals surface area (Å²) in [6.45, 7) is 5.33. The van der Waals surface area contributed by atoms with Gasteiger partial charge in [0.05, 0.1) is 13.2 Å². The van der Waals surface area contributed by atoms with Gasteiger partial charge in [-0.2, -0.15) is 0 Å². The van der Waals surface area contributed by atoms with Gasteiger partial charge in [-0.15, -0.1) is 0 Å². The number of benzene rings is 1. The van der Waals surface area contributed by atoms with Crippen LogP contribution in [0.5, 0.6) is 5.75 Å². The molecule has 1 heterocycles. The third kappa shape index (κ3) is 1.50. The molecule has 0 bridgehead atoms. The molecular formula is C12H16O2. The highest BCUT2D eigenvalue weighted by Crippen LogP contribution is 2.38. The summed E-state index contributed by atoms with van der Waals surface area (Å²) in [5, 5.41) is 9.07. The summed E-state index contributed by atoms with van der Waals surface area (Å²) >= 11 is 0. The summed E-state index contributed by atoms with van der Waals surface area (Å²) in [5.74, 6) is 0.971. The highest BCUT2D eigenvalue weighted by Gasteiger charge is 2.28. The van der Waals surface area contributed by atoms with Crippen molar-refractivity contribution in [3.63, 3.8) is 0 Å². The maximum Gasteiger partial charge on any atom is 0.123 e. The Hall–Kier alpha value is -1.02. The Morgan fingerprint density at radius 1 is 1.43 bits per heavy atom. The van der Waals surface area contributed by atoms with E-state index in [-0.39, 0.29) is 12.0 Å². The molecule has 0 aromatic heterocycles. The molecule has 0 aliphatic carbocycles. The van der Waals surface area contributed by atoms with Gasteiger partial charge in [0.2, 0.25) is 0 Å². The van der Waals surface area contributed by atoms with Crippen molar-refractivity contribution in [2.45, 2.75) is 32.3 Å². The minimum absolute atomic E-state index is 0.101. The van der Waals surface area contributed by atoms with E-state index in [0.717, 1.165) is 24.3 Å². The van der Waals surface area contributed by atoms with Crippen LogP contribution in [0.25, 0.3) is 0 Å². The Kier molecular flexibility index (Phi) is 2.23. The van der Waals surface area contributed by atoms with Crippen molar-refractivity contribution in [3.8, 4) is 5.75 Å². The minimum Gasteiger partial charge on any atom is -0.493 e. The van der Waals surface area contributed by atoms with Crippen molar-refractivity contribution >= 4 is 0 Å². The predicted molar refractivity (Wildman–Crippen MR) is 55.5 cm³/mol. The number of rotatable bonds is 1. The topological polar surface area (TPSA) is 29.5 Å². The van der Waals surface area contributed by atoms with Gasteiger partial charge in [-0.25, -0.2) is 0 Å². The van der Waals surface area contributed by atoms with Crippen molar-refractivity contribution in [2.24, 2.45) is 0 Å². The fraction of sp³-hybridized carbons (Fsp3) is 0.500. The van der Waals surface area contributed by atoms with Crippen LogP contribution in [0.2, 0.25) is 0 Å². The van der Waals surface area contributed by atoms with Crippen LogP contribution in [0.15, 0.2) is 18.2 Å². The van der Waals surface area contributed by atoms with Gasteiger partial charge in [-0.3, -0.25) is 0 Å². The summed E-state index contributed by atoms with van der Waals surface area (Å²) in [4.78, 5) is 0. The summed E-state index contributed by atoms with van der Waals surface area (Å²) in [5.41, 5.74) is 2.34. The summed E-state index contributed by atoms with van der Waals surface area (Å²) in [7, 11) is 0. The van der Waals surface area contributed by atoms with Crippen LogP contribution >= 0.6 is 0 Å². The normalized spacial score (nSPS) is 18.5. The van der Waals surface area contributed by atoms with Crippen LogP contribution in [0.4, 0.5) is 0 Å². The lowest BCUT2D eigenvalue weighted by molar-refractivity contribution is 0.232. The first-order chi connectivity index (χ1) is 6.63. The van der Waals surface area contributed by atoms with Gasteiger partial charge >= 0.3 is 0 Å². The van der Waals surface area contributed by atoms with E-state index in [9.17, 15) is 0 Å². The molecule has 1 aliphatic rings. The first kappa shape index (κ1) is 9.53. The largest absolute Gasteiger partial charge is 0.493 e. The number of ether oxygens (including phenoxy) is 1. The third-order valence-corrected chi connectivity index (χ3v) is 2.94. The van der Waals surface area contributed by atoms with Gasteiger partial charge in [0.1, 0.15) is 5.75 Å². The predicted octanol–water partition coefficient (Wildman–Crippen LogP) is 2.24. The number of hydrogen-bond donors (Lipinski definition) is 1. The number of aliphatic hydroxyl groups excluding tert-OH is 1. The second-order valence-electron chi connectivity index (χ2n) is 4.47. The Bertz CT molecular complexity index is 342. The van der Waals surface area contributed by atoms with E-state index < -0.39 is 0 Å². The second kappa shape index (κ2) is 3.28. The summed E-state index contributed by atoms with van der Waals surface area (Å²) in [6, 6.07) is 5.93. The molecule has 0 saturated heterocycles. The van der Waals surface area contributed by atoms with E-state index in [2.05, 4.69) is 19.9 Å². The second-order valence-corrected chi connectivity index (χ2v) is 4.47. The van der Waals surface area contributed by atoms with Gasteiger partial charge in [0, 0.05) is 5.56 Å². The molecule has 2 nitrogen and oxygen atoms in total. The van der Waals surface area contributed by atoms with E-state index in [4.69, 9.17) is 9.84 Å². The average molecular weight is 192 g/mol. The molecule has 2 heteroatoms. The number of hydrogen-bond acceptors (Lipinski definition) is 2. The zero-order valence-electron chi connectivity index (χ0n) is 8.71. The first-order valence-electron chi connectivity index (χ1n) is 5.00. The molecule has 2 rings (SSSR count). The number of fused-ring (bicyclic) bond motifs is 1. The van der Waals surface area contributed by atoms with Gasteiger partial charge in [-0.05, 0) is 29.5 Å². The molecule has 0 spiro atoms. The van der Waals surface area contributed by atoms with Gasteiger partial charge < -0.3 is 9.84 Å². The fourth-order valence-corrected chi connectivity index (χ4v) is 1.88. The maximum absolute atomic E-state index is 9.07. The van der Waals surface area contributed by atoms with Crippen LogP contribution < -0.4 is 4.74 Å². The Labute approximate surface area is 84.5 Å². The Morgan fingerprint density at radius 2 is 2.21 bits per heavy atom. The quantitative estimate of drug-likeness (QED) is 0.739. The van der Waals surface area contributed by atoms with Crippen molar-refractivity contribution in [1.29, 1.82) is 0 Å². The van der Waals surface area contributed by atoms with Crippen molar-refractivity contribution in [1.82, 2.24) is 0 Å². The first-order valence-corrected chi connectivity index (χ1v) is 5.00. The Morgan fingerprint density at radius 3 is 2.93 bits per heavy atom. The van der Waals surface area contributed by atoms with Crippen molar-refractivity contribution in [2.75, 3.05) is 6.61 Å². The minimum atomic E-state index is 0.101. The van der Waals surface area contributed by atoms with Crippen molar-refractivity contribution in [3.05, 3.63) is 29.3 Å². The molecule has 14 heavy (non-hydrogen) atoms. The molecule has 1 aliphatic heterocycles. The van der Waals surface area contributed by atoms with Gasteiger partial charge in [0.15, 0.2) is 0 Å². The lowest BCUT2D eigenvalue weighted by Crippen LogP contribution is -2.26. The number of aliphatic hydroxyl groups is 1. The van der Waals surface area contributed by atoms with Crippen LogP contribution in [0.1, 0.15) is 31.4 Å². The molecule has 76 valence electrons. The monoisotopic (exact) mass is 192 g/mol. The molecule has 0 unspecified atom stereocenters. The Balaban J connectivity index is 2.49. The highest BCUT2D eigenvalue weighted by molar-refractivity contribution is 5.43. The van der Waals surface area contributed by atoms with Gasteiger partial charge in [-0.1, -0.05) is 19.9 Å². The third-order valence-electron chi connectivity index (χ3n) is 2.94. The molecule has 0 amide bonds. The molecule has 1 aromatic rings. The maximum atomic E-state index is 9.07. The SMILES string of the molecule is CC1(C)CCOc2ccc(CO)cc21. The molecule has 0 saturated carbocycles. The van der Waals surface area contributed by atoms with Crippen LogP contribution in [0.3, 0.4) is 0 Å². The standard InChI is InChI=1S/C12H16O2/c1-12(2)5-6-14-11-4-3-9(8-13)7-10(11)12/h3-4,7,13H,5-6,8H2,1-2H3. The molecule has 0 radical (unpaired) electrons. The lowest BCUT2D eigenvalue weighted by Gasteiger charge is -2.32. The summed E-state index contributed by atoms with van der Waals surface area (Å²) < 4.78 is 5.58. The molecule has 0 fully saturated rings. The van der Waals surface area contributed by atoms with Crippen LogP contribution in [-0.4, -0.2) is 11.7 Å². The molecule has 0 atom stereocenters. The zero-order chi connectivity index (χ0) is 10.2. The molecule has 1 N–H and O–H groups in total.